The summed E-state index contributed by atoms with van der Waals surface area (Å²) >= 11 is 0. The quantitative estimate of drug-likeness (QED) is 0.711. The smallest absolute Gasteiger partial charge is 0.225 e. The molecule has 2 aromatic carbocycles. The first-order valence-electron chi connectivity index (χ1n) is 8.12. The Kier molecular flexibility index (Phi) is 5.06. The Morgan fingerprint density at radius 1 is 0.750 bits per heavy atom. The van der Waals surface area contributed by atoms with E-state index in [0.717, 1.165) is 18.1 Å². The normalized spacial score (nSPS) is 10.4. The molecule has 4 heteroatoms. The van der Waals surface area contributed by atoms with Crippen molar-refractivity contribution in [3.63, 3.8) is 0 Å². The maximum atomic E-state index is 4.55. The van der Waals surface area contributed by atoms with Crippen LogP contribution in [0.4, 0.5) is 11.8 Å². The van der Waals surface area contributed by atoms with Crippen molar-refractivity contribution in [2.45, 2.75) is 26.9 Å². The first kappa shape index (κ1) is 16.0. The molecule has 0 fully saturated rings. The first-order chi connectivity index (χ1) is 11.7. The molecule has 0 atom stereocenters. The highest BCUT2D eigenvalue weighted by molar-refractivity contribution is 5.43. The van der Waals surface area contributed by atoms with Crippen LogP contribution < -0.4 is 10.6 Å². The summed E-state index contributed by atoms with van der Waals surface area (Å²) in [6.07, 6.45) is 0. The summed E-state index contributed by atoms with van der Waals surface area (Å²) in [5.74, 6) is 1.48. The van der Waals surface area contributed by atoms with Gasteiger partial charge >= 0.3 is 0 Å². The van der Waals surface area contributed by atoms with Crippen LogP contribution in [0.15, 0.2) is 60.7 Å². The topological polar surface area (TPSA) is 49.8 Å². The SMILES string of the molecule is Cc1ccc(CNc2nc(C)cc(NCc3ccccc3)n2)cc1. The van der Waals surface area contributed by atoms with Crippen LogP contribution >= 0.6 is 0 Å². The van der Waals surface area contributed by atoms with Crippen LogP contribution in [0.5, 0.6) is 0 Å². The van der Waals surface area contributed by atoms with E-state index in [4.69, 9.17) is 0 Å². The molecule has 0 aliphatic heterocycles. The van der Waals surface area contributed by atoms with E-state index in [1.807, 2.05) is 31.2 Å². The van der Waals surface area contributed by atoms with Gasteiger partial charge in [-0.25, -0.2) is 4.98 Å². The van der Waals surface area contributed by atoms with E-state index in [0.29, 0.717) is 12.5 Å². The molecule has 122 valence electrons. The summed E-state index contributed by atoms with van der Waals surface area (Å²) in [6.45, 7) is 5.52. The number of anilines is 2. The third-order valence-electron chi connectivity index (χ3n) is 3.74. The molecule has 0 aliphatic carbocycles. The maximum Gasteiger partial charge on any atom is 0.225 e. The third kappa shape index (κ3) is 4.56. The lowest BCUT2D eigenvalue weighted by atomic mass is 10.1. The first-order valence-corrected chi connectivity index (χ1v) is 8.12. The van der Waals surface area contributed by atoms with Gasteiger partial charge in [-0.1, -0.05) is 60.2 Å². The molecular formula is C20H22N4. The number of benzene rings is 2. The molecule has 0 unspecified atom stereocenters. The van der Waals surface area contributed by atoms with Crippen LogP contribution in [-0.2, 0) is 13.1 Å². The van der Waals surface area contributed by atoms with Crippen molar-refractivity contribution in [3.8, 4) is 0 Å². The molecule has 0 saturated carbocycles. The second-order valence-electron chi connectivity index (χ2n) is 5.90. The average Bonchev–Trinajstić information content (AvgIpc) is 2.60. The molecular weight excluding hydrogens is 296 g/mol. The molecule has 3 aromatic rings. The molecule has 1 heterocycles. The Balaban J connectivity index is 1.63. The number of aryl methyl sites for hydroxylation is 2. The highest BCUT2D eigenvalue weighted by Crippen LogP contribution is 2.12. The number of rotatable bonds is 6. The number of aromatic nitrogens is 2. The summed E-state index contributed by atoms with van der Waals surface area (Å²) in [5, 5.41) is 6.65. The van der Waals surface area contributed by atoms with Crippen molar-refractivity contribution in [3.05, 3.63) is 83.0 Å². The van der Waals surface area contributed by atoms with E-state index in [1.165, 1.54) is 16.7 Å². The Hall–Kier alpha value is -2.88. The molecule has 0 spiro atoms. The predicted octanol–water partition coefficient (Wildman–Crippen LogP) is 4.32. The number of hydrogen-bond acceptors (Lipinski definition) is 4. The van der Waals surface area contributed by atoms with Crippen molar-refractivity contribution >= 4 is 11.8 Å². The molecule has 2 N–H and O–H groups in total. The van der Waals surface area contributed by atoms with Gasteiger partial charge in [0.1, 0.15) is 5.82 Å². The molecule has 0 saturated heterocycles. The Morgan fingerprint density at radius 2 is 1.42 bits per heavy atom. The van der Waals surface area contributed by atoms with Crippen molar-refractivity contribution in [1.82, 2.24) is 9.97 Å². The highest BCUT2D eigenvalue weighted by atomic mass is 15.1. The number of nitrogens with one attached hydrogen (secondary N) is 2. The van der Waals surface area contributed by atoms with Crippen LogP contribution in [-0.4, -0.2) is 9.97 Å². The minimum atomic E-state index is 0.645. The summed E-state index contributed by atoms with van der Waals surface area (Å²) in [5.41, 5.74) is 4.64. The van der Waals surface area contributed by atoms with Crippen molar-refractivity contribution in [1.29, 1.82) is 0 Å². The molecule has 0 aliphatic rings. The Labute approximate surface area is 143 Å². The standard InChI is InChI=1S/C20H22N4/c1-15-8-10-18(11-9-15)14-22-20-23-16(2)12-19(24-20)21-13-17-6-4-3-5-7-17/h3-12H,13-14H2,1-2H3,(H2,21,22,23,24). The fourth-order valence-electron chi connectivity index (χ4n) is 2.41. The van der Waals surface area contributed by atoms with Crippen LogP contribution in [0.3, 0.4) is 0 Å². The van der Waals surface area contributed by atoms with E-state index in [2.05, 4.69) is 63.9 Å². The zero-order valence-electron chi connectivity index (χ0n) is 14.1. The van der Waals surface area contributed by atoms with Crippen LogP contribution in [0.2, 0.25) is 0 Å². The second kappa shape index (κ2) is 7.59. The van der Waals surface area contributed by atoms with E-state index < -0.39 is 0 Å². The van der Waals surface area contributed by atoms with E-state index in [1.54, 1.807) is 0 Å². The largest absolute Gasteiger partial charge is 0.366 e. The number of hydrogen-bond donors (Lipinski definition) is 2. The van der Waals surface area contributed by atoms with Gasteiger partial charge in [0.05, 0.1) is 0 Å². The van der Waals surface area contributed by atoms with Gasteiger partial charge in [0.15, 0.2) is 0 Å². The van der Waals surface area contributed by atoms with Gasteiger partial charge in [-0.3, -0.25) is 0 Å². The van der Waals surface area contributed by atoms with E-state index in [-0.39, 0.29) is 0 Å². The van der Waals surface area contributed by atoms with Gasteiger partial charge < -0.3 is 10.6 Å². The van der Waals surface area contributed by atoms with Gasteiger partial charge in [0.25, 0.3) is 0 Å². The average molecular weight is 318 g/mol. The summed E-state index contributed by atoms with van der Waals surface area (Å²) in [4.78, 5) is 9.01. The van der Waals surface area contributed by atoms with Crippen molar-refractivity contribution in [2.24, 2.45) is 0 Å². The lowest BCUT2D eigenvalue weighted by Gasteiger charge is -2.10. The minimum Gasteiger partial charge on any atom is -0.366 e. The van der Waals surface area contributed by atoms with Crippen LogP contribution in [0, 0.1) is 13.8 Å². The lowest BCUT2D eigenvalue weighted by molar-refractivity contribution is 1.01. The van der Waals surface area contributed by atoms with E-state index >= 15 is 0 Å². The van der Waals surface area contributed by atoms with Crippen molar-refractivity contribution in [2.75, 3.05) is 10.6 Å². The lowest BCUT2D eigenvalue weighted by Crippen LogP contribution is -2.08. The van der Waals surface area contributed by atoms with Gasteiger partial charge in [-0.15, -0.1) is 0 Å². The number of nitrogens with zero attached hydrogens (tertiary/aromatic N) is 2. The highest BCUT2D eigenvalue weighted by Gasteiger charge is 2.03. The minimum absolute atomic E-state index is 0.645. The van der Waals surface area contributed by atoms with Gasteiger partial charge in [-0.05, 0) is 25.0 Å². The molecule has 3 rings (SSSR count). The fraction of sp³-hybridized carbons (Fsp3) is 0.200. The molecule has 1 aromatic heterocycles. The van der Waals surface area contributed by atoms with Crippen LogP contribution in [0.1, 0.15) is 22.4 Å². The third-order valence-corrected chi connectivity index (χ3v) is 3.74. The zero-order valence-corrected chi connectivity index (χ0v) is 14.1. The monoisotopic (exact) mass is 318 g/mol. The summed E-state index contributed by atoms with van der Waals surface area (Å²) in [6, 6.07) is 20.7. The molecule has 24 heavy (non-hydrogen) atoms. The van der Waals surface area contributed by atoms with Gasteiger partial charge in [0.2, 0.25) is 5.95 Å². The molecule has 4 nitrogen and oxygen atoms in total. The molecule has 0 bridgehead atoms. The predicted molar refractivity (Wildman–Crippen MR) is 99.0 cm³/mol. The van der Waals surface area contributed by atoms with Crippen molar-refractivity contribution < 1.29 is 0 Å². The fourth-order valence-corrected chi connectivity index (χ4v) is 2.41. The molecule has 0 radical (unpaired) electrons. The zero-order chi connectivity index (χ0) is 16.8. The van der Waals surface area contributed by atoms with Gasteiger partial charge in [-0.2, -0.15) is 4.98 Å². The maximum absolute atomic E-state index is 4.55. The summed E-state index contributed by atoms with van der Waals surface area (Å²) < 4.78 is 0. The van der Waals surface area contributed by atoms with E-state index in [9.17, 15) is 0 Å². The van der Waals surface area contributed by atoms with Crippen LogP contribution in [0.25, 0.3) is 0 Å². The van der Waals surface area contributed by atoms with Gasteiger partial charge in [0, 0.05) is 24.8 Å². The second-order valence-corrected chi connectivity index (χ2v) is 5.90. The Morgan fingerprint density at radius 3 is 2.17 bits per heavy atom. The Bertz CT molecular complexity index is 782. The summed E-state index contributed by atoms with van der Waals surface area (Å²) in [7, 11) is 0. The molecule has 0 amide bonds.